The molecule has 0 radical (unpaired) electrons. The van der Waals surface area contributed by atoms with Crippen LogP contribution in [0.4, 0.5) is 5.69 Å². The van der Waals surface area contributed by atoms with Crippen molar-refractivity contribution in [2.24, 2.45) is 0 Å². The third-order valence-corrected chi connectivity index (χ3v) is 6.03. The Bertz CT molecular complexity index is 902. The van der Waals surface area contributed by atoms with Crippen LogP contribution in [0.1, 0.15) is 24.5 Å². The van der Waals surface area contributed by atoms with Crippen molar-refractivity contribution in [3.05, 3.63) is 33.6 Å². The van der Waals surface area contributed by atoms with Crippen molar-refractivity contribution in [2.45, 2.75) is 31.8 Å². The molecule has 0 saturated carbocycles. The number of fused-ring (bicyclic) bond motifs is 3. The fourth-order valence-corrected chi connectivity index (χ4v) is 4.32. The van der Waals surface area contributed by atoms with Crippen LogP contribution in [0.15, 0.2) is 16.9 Å². The van der Waals surface area contributed by atoms with Crippen LogP contribution in [0.25, 0.3) is 10.9 Å². The number of pyridine rings is 1. The average molecular weight is 448 g/mol. The second kappa shape index (κ2) is 9.97. The van der Waals surface area contributed by atoms with Crippen molar-refractivity contribution in [1.82, 2.24) is 9.88 Å². The number of alkyl halides is 1. The van der Waals surface area contributed by atoms with E-state index in [0.717, 1.165) is 55.1 Å². The minimum absolute atomic E-state index is 0. The van der Waals surface area contributed by atoms with Gasteiger partial charge in [-0.15, -0.1) is 0 Å². The first kappa shape index (κ1) is 23.7. The van der Waals surface area contributed by atoms with Crippen LogP contribution in [-0.2, 0) is 17.7 Å². The average Bonchev–Trinajstić information content (AvgIpc) is 2.65. The van der Waals surface area contributed by atoms with Crippen molar-refractivity contribution in [3.8, 4) is 5.75 Å². The molecule has 0 spiro atoms. The zero-order valence-electron chi connectivity index (χ0n) is 16.3. The molecule has 10 heteroatoms. The van der Waals surface area contributed by atoms with Gasteiger partial charge in [0.1, 0.15) is 11.3 Å². The maximum Gasteiger partial charge on any atom is 0.253 e. The number of hydrogen-bond acceptors (Lipinski definition) is 5. The van der Waals surface area contributed by atoms with E-state index in [1.165, 1.54) is 4.42 Å². The van der Waals surface area contributed by atoms with Crippen LogP contribution in [0.3, 0.4) is 0 Å². The van der Waals surface area contributed by atoms with Gasteiger partial charge in [-0.1, -0.05) is 11.6 Å². The molecule has 0 bridgehead atoms. The molecule has 1 fully saturated rings. The number of aromatic nitrogens is 1. The third-order valence-electron chi connectivity index (χ3n) is 5.11. The number of aromatic amines is 1. The van der Waals surface area contributed by atoms with Crippen LogP contribution in [-0.4, -0.2) is 59.2 Å². The molecule has 5 N–H and O–H groups in total. The molecule has 8 nitrogen and oxygen atoms in total. The topological polar surface area (TPSA) is 121 Å². The molecule has 162 valence electrons. The Morgan fingerprint density at radius 1 is 1.28 bits per heavy atom. The van der Waals surface area contributed by atoms with Gasteiger partial charge in [-0.2, -0.15) is 0 Å². The zero-order valence-corrected chi connectivity index (χ0v) is 17.8. The van der Waals surface area contributed by atoms with Gasteiger partial charge in [0.15, 0.2) is 0 Å². The molecule has 0 aliphatic carbocycles. The number of anilines is 1. The van der Waals surface area contributed by atoms with E-state index in [1.807, 2.05) is 19.1 Å². The van der Waals surface area contributed by atoms with Crippen molar-refractivity contribution < 1.29 is 20.4 Å². The molecule has 1 aromatic heterocycles. The minimum Gasteiger partial charge on any atom is -0.493 e. The number of benzene rings is 1. The molecule has 1 saturated heterocycles. The highest BCUT2D eigenvalue weighted by Gasteiger charge is 2.29. The van der Waals surface area contributed by atoms with Crippen LogP contribution >= 0.6 is 23.4 Å². The Hall–Kier alpha value is -1.55. The largest absolute Gasteiger partial charge is 0.493 e. The lowest BCUT2D eigenvalue weighted by Crippen LogP contribution is -2.35. The van der Waals surface area contributed by atoms with Crippen LogP contribution < -0.4 is 14.7 Å². The normalized spacial score (nSPS) is 19.3. The van der Waals surface area contributed by atoms with Gasteiger partial charge in [0.2, 0.25) is 0 Å². The molecule has 3 heterocycles. The number of nitrogens with one attached hydrogen (secondary N) is 1. The molecule has 0 amide bonds. The van der Waals surface area contributed by atoms with Crippen molar-refractivity contribution in [3.63, 3.8) is 0 Å². The molecule has 1 unspecified atom stereocenters. The number of morpholine rings is 1. The van der Waals surface area contributed by atoms with E-state index in [1.54, 1.807) is 0 Å². The van der Waals surface area contributed by atoms with Crippen molar-refractivity contribution >= 4 is 40.0 Å². The van der Waals surface area contributed by atoms with E-state index in [-0.39, 0.29) is 22.0 Å². The number of ether oxygens (including phenoxy) is 2. The first-order valence-corrected chi connectivity index (χ1v) is 10.1. The first-order valence-electron chi connectivity index (χ1n) is 9.32. The van der Waals surface area contributed by atoms with Crippen LogP contribution in [0, 0.1) is 0 Å². The first-order chi connectivity index (χ1) is 13.1. The predicted octanol–water partition coefficient (Wildman–Crippen LogP) is 1.58. The lowest BCUT2D eigenvalue weighted by Gasteiger charge is -2.31. The summed E-state index contributed by atoms with van der Waals surface area (Å²) < 4.78 is 12.8. The summed E-state index contributed by atoms with van der Waals surface area (Å²) >= 11 is 12.8. The maximum atomic E-state index is 12.6. The highest BCUT2D eigenvalue weighted by molar-refractivity contribution is 6.35. The van der Waals surface area contributed by atoms with E-state index >= 15 is 0 Å². The third kappa shape index (κ3) is 4.63. The lowest BCUT2D eigenvalue weighted by molar-refractivity contribution is 0.0342. The van der Waals surface area contributed by atoms with Crippen molar-refractivity contribution in [2.75, 3.05) is 37.3 Å². The molecule has 2 aliphatic rings. The van der Waals surface area contributed by atoms with Crippen molar-refractivity contribution in [1.29, 1.82) is 0 Å². The summed E-state index contributed by atoms with van der Waals surface area (Å²) in [6.07, 6.45) is 1.23. The predicted molar refractivity (Wildman–Crippen MR) is 115 cm³/mol. The fourth-order valence-electron chi connectivity index (χ4n) is 3.83. The molecule has 1 atom stereocenters. The van der Waals surface area contributed by atoms with Gasteiger partial charge in [-0.05, 0) is 37.5 Å². The second-order valence-corrected chi connectivity index (χ2v) is 7.77. The molecule has 4 rings (SSSR count). The number of rotatable bonds is 4. The van der Waals surface area contributed by atoms with E-state index in [2.05, 4.69) is 9.88 Å². The van der Waals surface area contributed by atoms with Crippen LogP contribution in [0.2, 0.25) is 0 Å². The summed E-state index contributed by atoms with van der Waals surface area (Å²) in [6, 6.07) is 4.06. The Morgan fingerprint density at radius 2 is 2.00 bits per heavy atom. The van der Waals surface area contributed by atoms with E-state index in [4.69, 9.17) is 32.9 Å². The summed E-state index contributed by atoms with van der Waals surface area (Å²) in [7, 11) is 0. The quantitative estimate of drug-likeness (QED) is 0.433. The minimum atomic E-state index is -0.355. The Morgan fingerprint density at radius 3 is 2.69 bits per heavy atom. The molecule has 1 aromatic carbocycles. The van der Waals surface area contributed by atoms with Gasteiger partial charge in [-0.25, -0.2) is 0 Å². The van der Waals surface area contributed by atoms with Gasteiger partial charge < -0.3 is 25.4 Å². The monoisotopic (exact) mass is 447 g/mol. The second-order valence-electron chi connectivity index (χ2n) is 6.90. The number of nitrogens with zero attached hydrogens (tertiary/aromatic N) is 2. The lowest BCUT2D eigenvalue weighted by atomic mass is 9.99. The smallest absolute Gasteiger partial charge is 0.253 e. The maximum absolute atomic E-state index is 12.6. The summed E-state index contributed by atoms with van der Waals surface area (Å²) in [6.45, 7) is 6.53. The summed E-state index contributed by atoms with van der Waals surface area (Å²) in [5.41, 5.74) is 2.68. The van der Waals surface area contributed by atoms with Gasteiger partial charge in [0.05, 0.1) is 36.4 Å². The Kier molecular flexibility index (Phi) is 8.16. The SMILES string of the molecule is CCOc1cc(CN2CCOCC2)cc2[nH]c(=O)c3c(c12)N(Cl)C(Cl)CC3.O.O. The molecular weight excluding hydrogens is 421 g/mol. The molecule has 2 aliphatic heterocycles. The van der Waals surface area contributed by atoms with Gasteiger partial charge in [0, 0.05) is 37.0 Å². The Labute approximate surface area is 179 Å². The van der Waals surface area contributed by atoms with Crippen LogP contribution in [0.5, 0.6) is 5.75 Å². The van der Waals surface area contributed by atoms with Gasteiger partial charge in [0.25, 0.3) is 5.56 Å². The van der Waals surface area contributed by atoms with E-state index < -0.39 is 0 Å². The summed E-state index contributed by atoms with van der Waals surface area (Å²) in [5.74, 6) is 0.724. The van der Waals surface area contributed by atoms with E-state index in [9.17, 15) is 4.79 Å². The zero-order chi connectivity index (χ0) is 19.0. The molecule has 2 aromatic rings. The highest BCUT2D eigenvalue weighted by atomic mass is 35.5. The van der Waals surface area contributed by atoms with Gasteiger partial charge in [-0.3, -0.25) is 14.1 Å². The number of hydrogen-bond donors (Lipinski definition) is 1. The molecular formula is C19H27Cl2N3O5. The molecule has 29 heavy (non-hydrogen) atoms. The van der Waals surface area contributed by atoms with Gasteiger partial charge >= 0.3 is 0 Å². The fraction of sp³-hybridized carbons (Fsp3) is 0.526. The number of H-pyrrole nitrogens is 1. The summed E-state index contributed by atoms with van der Waals surface area (Å²) in [4.78, 5) is 18.0. The summed E-state index contributed by atoms with van der Waals surface area (Å²) in [5, 5.41) is 0.817. The number of halogens is 2. The standard InChI is InChI=1S/C19H23Cl2N3O3.2H2O/c1-2-27-15-10-12(11-23-5-7-26-8-6-23)9-14-17(15)18-13(19(25)22-14)3-4-16(20)24(18)21;;/h9-10,16H,2-8,11H2,1H3,(H,22,25);2*1H2. The van der Waals surface area contributed by atoms with E-state index in [0.29, 0.717) is 30.7 Å². The highest BCUT2D eigenvalue weighted by Crippen LogP contribution is 2.42. The Balaban J connectivity index is 0.00000150.